The van der Waals surface area contributed by atoms with Crippen molar-refractivity contribution in [3.63, 3.8) is 0 Å². The molecule has 0 amide bonds. The molecule has 3 aromatic carbocycles. The Morgan fingerprint density at radius 3 is 1.94 bits per heavy atom. The second-order valence-electron chi connectivity index (χ2n) is 11.3. The van der Waals surface area contributed by atoms with Gasteiger partial charge in [-0.25, -0.2) is 8.78 Å². The van der Waals surface area contributed by atoms with Gasteiger partial charge in [-0.15, -0.1) is 0 Å². The Hall–Kier alpha value is -2.82. The molecule has 1 spiro atoms. The van der Waals surface area contributed by atoms with E-state index in [1.165, 1.54) is 13.2 Å². The summed E-state index contributed by atoms with van der Waals surface area (Å²) in [5.41, 5.74) is 1.94. The SMILES string of the molecule is COc1cc2c(O)cc3c(c2cc1OC)-c1cc(F)cc(F)c1C31CC(C)(C)CC(C)(C)C1. The number of rotatable bonds is 2. The summed E-state index contributed by atoms with van der Waals surface area (Å²) < 4.78 is 41.2. The van der Waals surface area contributed by atoms with Crippen LogP contribution in [0.4, 0.5) is 8.78 Å². The zero-order valence-corrected chi connectivity index (χ0v) is 20.0. The number of halogens is 2. The van der Waals surface area contributed by atoms with Gasteiger partial charge in [-0.05, 0) is 76.4 Å². The molecular weight excluding hydrogens is 422 g/mol. The van der Waals surface area contributed by atoms with Gasteiger partial charge in [0.05, 0.1) is 14.2 Å². The lowest BCUT2D eigenvalue weighted by molar-refractivity contribution is 0.0630. The van der Waals surface area contributed by atoms with E-state index in [4.69, 9.17) is 9.47 Å². The van der Waals surface area contributed by atoms with Crippen molar-refractivity contribution in [3.8, 4) is 28.4 Å². The van der Waals surface area contributed by atoms with Crippen LogP contribution in [0.1, 0.15) is 58.1 Å². The Kier molecular flexibility index (Phi) is 4.56. The number of benzene rings is 3. The van der Waals surface area contributed by atoms with Crippen LogP contribution in [0.3, 0.4) is 0 Å². The van der Waals surface area contributed by atoms with Crippen molar-refractivity contribution in [3.05, 3.63) is 53.1 Å². The number of fused-ring (bicyclic) bond motifs is 7. The Bertz CT molecular complexity index is 1290. The van der Waals surface area contributed by atoms with Gasteiger partial charge in [0.25, 0.3) is 0 Å². The molecule has 2 aliphatic rings. The largest absolute Gasteiger partial charge is 0.507 e. The van der Waals surface area contributed by atoms with Crippen LogP contribution in [0.2, 0.25) is 0 Å². The summed E-state index contributed by atoms with van der Waals surface area (Å²) in [6.45, 7) is 8.85. The topological polar surface area (TPSA) is 38.7 Å². The highest BCUT2D eigenvalue weighted by Gasteiger charge is 2.55. The summed E-state index contributed by atoms with van der Waals surface area (Å²) in [5, 5.41) is 12.4. The molecule has 1 N–H and O–H groups in total. The molecule has 2 aliphatic carbocycles. The van der Waals surface area contributed by atoms with E-state index in [2.05, 4.69) is 27.7 Å². The number of hydrogen-bond donors (Lipinski definition) is 1. The van der Waals surface area contributed by atoms with Gasteiger partial charge in [0.1, 0.15) is 17.4 Å². The molecule has 174 valence electrons. The molecule has 0 radical (unpaired) electrons. The van der Waals surface area contributed by atoms with Crippen LogP contribution >= 0.6 is 0 Å². The molecule has 0 heterocycles. The summed E-state index contributed by atoms with van der Waals surface area (Å²) in [6.07, 6.45) is 2.42. The fourth-order valence-corrected chi connectivity index (χ4v) is 7.27. The third kappa shape index (κ3) is 3.12. The second-order valence-corrected chi connectivity index (χ2v) is 11.3. The maximum absolute atomic E-state index is 15.7. The van der Waals surface area contributed by atoms with Gasteiger partial charge in [0.2, 0.25) is 0 Å². The van der Waals surface area contributed by atoms with E-state index in [1.54, 1.807) is 25.3 Å². The molecule has 5 rings (SSSR count). The molecule has 0 bridgehead atoms. The standard InChI is InChI=1S/C28H30F2O3/c1-26(2)12-27(3,4)14-28(13-26)19-11-21(31)16-9-22(32-5)23(33-6)10-17(16)24(19)18-7-15(29)8-20(30)25(18)28/h7-11,31H,12-14H2,1-6H3. The molecule has 33 heavy (non-hydrogen) atoms. The minimum atomic E-state index is -0.660. The number of phenolic OH excluding ortho intramolecular Hbond substituents is 1. The monoisotopic (exact) mass is 452 g/mol. The lowest BCUT2D eigenvalue weighted by atomic mass is 9.52. The average Bonchev–Trinajstić information content (AvgIpc) is 2.93. The first-order valence-electron chi connectivity index (χ1n) is 11.3. The third-order valence-corrected chi connectivity index (χ3v) is 7.46. The summed E-state index contributed by atoms with van der Waals surface area (Å²) in [7, 11) is 3.09. The summed E-state index contributed by atoms with van der Waals surface area (Å²) in [6, 6.07) is 7.72. The van der Waals surface area contributed by atoms with Gasteiger partial charge in [-0.2, -0.15) is 0 Å². The van der Waals surface area contributed by atoms with Crippen LogP contribution in [0.5, 0.6) is 17.2 Å². The maximum Gasteiger partial charge on any atom is 0.161 e. The maximum atomic E-state index is 15.7. The normalized spacial score (nSPS) is 19.4. The van der Waals surface area contributed by atoms with Gasteiger partial charge in [-0.1, -0.05) is 27.7 Å². The quantitative estimate of drug-likeness (QED) is 0.442. The highest BCUT2D eigenvalue weighted by atomic mass is 19.1. The molecule has 0 aromatic heterocycles. The lowest BCUT2D eigenvalue weighted by Gasteiger charge is -2.51. The zero-order chi connectivity index (χ0) is 23.9. The van der Waals surface area contributed by atoms with Crippen LogP contribution < -0.4 is 9.47 Å². The van der Waals surface area contributed by atoms with Crippen molar-refractivity contribution < 1.29 is 23.4 Å². The molecule has 0 aliphatic heterocycles. The van der Waals surface area contributed by atoms with E-state index in [1.807, 2.05) is 0 Å². The molecule has 1 fully saturated rings. The van der Waals surface area contributed by atoms with E-state index in [9.17, 15) is 9.50 Å². The fraction of sp³-hybridized carbons (Fsp3) is 0.429. The van der Waals surface area contributed by atoms with Crippen molar-refractivity contribution in [1.29, 1.82) is 0 Å². The first-order chi connectivity index (χ1) is 15.4. The number of methoxy groups -OCH3 is 2. The Labute approximate surface area is 193 Å². The first-order valence-corrected chi connectivity index (χ1v) is 11.3. The number of phenols is 1. The molecule has 0 unspecified atom stereocenters. The van der Waals surface area contributed by atoms with Crippen molar-refractivity contribution in [2.75, 3.05) is 14.2 Å². The number of hydrogen-bond acceptors (Lipinski definition) is 3. The van der Waals surface area contributed by atoms with E-state index in [0.717, 1.165) is 23.6 Å². The molecule has 3 nitrogen and oxygen atoms in total. The predicted molar refractivity (Wildman–Crippen MR) is 126 cm³/mol. The summed E-state index contributed by atoms with van der Waals surface area (Å²) in [4.78, 5) is 0. The van der Waals surface area contributed by atoms with Gasteiger partial charge in [0.15, 0.2) is 11.5 Å². The number of ether oxygens (including phenoxy) is 2. The predicted octanol–water partition coefficient (Wildman–Crippen LogP) is 7.34. The second kappa shape index (κ2) is 6.85. The van der Waals surface area contributed by atoms with Gasteiger partial charge < -0.3 is 14.6 Å². The molecule has 0 saturated heterocycles. The van der Waals surface area contributed by atoms with E-state index < -0.39 is 17.0 Å². The fourth-order valence-electron chi connectivity index (χ4n) is 7.27. The Morgan fingerprint density at radius 2 is 1.36 bits per heavy atom. The number of aromatic hydroxyl groups is 1. The van der Waals surface area contributed by atoms with Gasteiger partial charge in [-0.3, -0.25) is 0 Å². The van der Waals surface area contributed by atoms with Crippen molar-refractivity contribution in [2.45, 2.75) is 52.4 Å². The third-order valence-electron chi connectivity index (χ3n) is 7.46. The van der Waals surface area contributed by atoms with Crippen LogP contribution in [0.25, 0.3) is 21.9 Å². The van der Waals surface area contributed by atoms with Crippen LogP contribution in [-0.2, 0) is 5.41 Å². The van der Waals surface area contributed by atoms with Crippen molar-refractivity contribution in [1.82, 2.24) is 0 Å². The minimum absolute atomic E-state index is 0.0658. The van der Waals surface area contributed by atoms with Crippen LogP contribution in [0.15, 0.2) is 30.3 Å². The van der Waals surface area contributed by atoms with E-state index in [-0.39, 0.29) is 16.6 Å². The van der Waals surface area contributed by atoms with Crippen molar-refractivity contribution in [2.24, 2.45) is 10.8 Å². The zero-order valence-electron chi connectivity index (χ0n) is 20.0. The highest BCUT2D eigenvalue weighted by Crippen LogP contribution is 2.65. The Balaban J connectivity index is 1.95. The molecule has 1 saturated carbocycles. The van der Waals surface area contributed by atoms with E-state index >= 15 is 4.39 Å². The van der Waals surface area contributed by atoms with Gasteiger partial charge >= 0.3 is 0 Å². The van der Waals surface area contributed by atoms with Crippen LogP contribution in [-0.4, -0.2) is 19.3 Å². The summed E-state index contributed by atoms with van der Waals surface area (Å²) >= 11 is 0. The highest BCUT2D eigenvalue weighted by molar-refractivity contribution is 6.06. The smallest absolute Gasteiger partial charge is 0.161 e. The summed E-state index contributed by atoms with van der Waals surface area (Å²) in [5.74, 6) is -0.0490. The van der Waals surface area contributed by atoms with Crippen LogP contribution in [0, 0.1) is 22.5 Å². The molecule has 3 aromatic rings. The van der Waals surface area contributed by atoms with E-state index in [0.29, 0.717) is 46.2 Å². The molecule has 5 heteroatoms. The van der Waals surface area contributed by atoms with Gasteiger partial charge in [0, 0.05) is 22.4 Å². The average molecular weight is 453 g/mol. The molecule has 0 atom stereocenters. The minimum Gasteiger partial charge on any atom is -0.507 e. The Morgan fingerprint density at radius 1 is 0.788 bits per heavy atom. The first kappa shape index (κ1) is 22.0. The lowest BCUT2D eigenvalue weighted by Crippen LogP contribution is -2.44. The molecular formula is C28H30F2O3. The van der Waals surface area contributed by atoms with Crippen molar-refractivity contribution >= 4 is 10.8 Å².